The number of aryl methyl sites for hydroxylation is 1. The Hall–Kier alpha value is -2.63. The zero-order chi connectivity index (χ0) is 16.1. The fourth-order valence-corrected chi connectivity index (χ4v) is 2.32. The van der Waals surface area contributed by atoms with Crippen LogP contribution in [0.3, 0.4) is 0 Å². The van der Waals surface area contributed by atoms with E-state index in [1.165, 1.54) is 6.20 Å². The lowest BCUT2D eigenvalue weighted by atomic mass is 10.1. The predicted molar refractivity (Wildman–Crippen MR) is 82.4 cm³/mol. The third-order valence-electron chi connectivity index (χ3n) is 3.41. The molecule has 1 amide bonds. The first-order chi connectivity index (χ1) is 10.5. The molecule has 6 heteroatoms. The van der Waals surface area contributed by atoms with E-state index in [1.807, 2.05) is 37.3 Å². The van der Waals surface area contributed by atoms with Crippen LogP contribution in [0.5, 0.6) is 0 Å². The van der Waals surface area contributed by atoms with Gasteiger partial charge in [-0.15, -0.1) is 0 Å². The smallest absolute Gasteiger partial charge is 0.326 e. The molecule has 0 aliphatic heterocycles. The number of amides is 1. The van der Waals surface area contributed by atoms with E-state index in [9.17, 15) is 9.59 Å². The number of nitrogens with one attached hydrogen (secondary N) is 1. The van der Waals surface area contributed by atoms with Crippen molar-refractivity contribution in [2.24, 2.45) is 7.05 Å². The van der Waals surface area contributed by atoms with Gasteiger partial charge >= 0.3 is 5.97 Å². The standard InChI is InChI=1S/C16H19N3O3/c1-3-7-13(16(21)22)18-15(20)12-10-17-19(2)14(12)11-8-5-4-6-9-11/h4-6,8-10,13H,3,7H2,1-2H3,(H,18,20)(H,21,22). The molecule has 1 aromatic carbocycles. The van der Waals surface area contributed by atoms with Crippen molar-refractivity contribution >= 4 is 11.9 Å². The highest BCUT2D eigenvalue weighted by atomic mass is 16.4. The number of aliphatic carboxylic acids is 1. The Morgan fingerprint density at radius 2 is 2.00 bits per heavy atom. The molecule has 0 saturated carbocycles. The van der Waals surface area contributed by atoms with Crippen molar-refractivity contribution in [3.05, 3.63) is 42.1 Å². The van der Waals surface area contributed by atoms with E-state index < -0.39 is 17.9 Å². The van der Waals surface area contributed by atoms with E-state index >= 15 is 0 Å². The molecule has 0 saturated heterocycles. The Morgan fingerprint density at radius 3 is 2.59 bits per heavy atom. The van der Waals surface area contributed by atoms with Gasteiger partial charge in [-0.2, -0.15) is 5.10 Å². The number of aromatic nitrogens is 2. The second kappa shape index (κ2) is 6.89. The maximum absolute atomic E-state index is 12.4. The molecule has 1 heterocycles. The molecule has 6 nitrogen and oxygen atoms in total. The fraction of sp³-hybridized carbons (Fsp3) is 0.312. The lowest BCUT2D eigenvalue weighted by Gasteiger charge is -2.14. The van der Waals surface area contributed by atoms with Crippen molar-refractivity contribution < 1.29 is 14.7 Å². The number of carboxylic acid groups (broad SMARTS) is 1. The van der Waals surface area contributed by atoms with E-state index in [-0.39, 0.29) is 0 Å². The highest BCUT2D eigenvalue weighted by molar-refractivity contribution is 6.01. The molecule has 1 atom stereocenters. The van der Waals surface area contributed by atoms with Crippen LogP contribution in [0, 0.1) is 0 Å². The van der Waals surface area contributed by atoms with E-state index in [0.29, 0.717) is 24.1 Å². The topological polar surface area (TPSA) is 84.2 Å². The molecule has 0 spiro atoms. The van der Waals surface area contributed by atoms with Crippen LogP contribution in [-0.4, -0.2) is 32.8 Å². The Balaban J connectivity index is 2.30. The van der Waals surface area contributed by atoms with Crippen molar-refractivity contribution in [1.29, 1.82) is 0 Å². The molecule has 0 aliphatic rings. The summed E-state index contributed by atoms with van der Waals surface area (Å²) in [6.07, 6.45) is 2.53. The summed E-state index contributed by atoms with van der Waals surface area (Å²) in [5.41, 5.74) is 1.89. The first kappa shape index (κ1) is 15.8. The molecule has 0 bridgehead atoms. The van der Waals surface area contributed by atoms with Crippen LogP contribution < -0.4 is 5.32 Å². The van der Waals surface area contributed by atoms with Gasteiger partial charge in [0.05, 0.1) is 17.5 Å². The maximum atomic E-state index is 12.4. The first-order valence-electron chi connectivity index (χ1n) is 7.15. The van der Waals surface area contributed by atoms with Gasteiger partial charge in [0.1, 0.15) is 6.04 Å². The predicted octanol–water partition coefficient (Wildman–Crippen LogP) is 2.07. The molecule has 116 valence electrons. The van der Waals surface area contributed by atoms with Gasteiger partial charge in [0.2, 0.25) is 0 Å². The summed E-state index contributed by atoms with van der Waals surface area (Å²) in [6.45, 7) is 1.88. The van der Waals surface area contributed by atoms with Gasteiger partial charge in [-0.1, -0.05) is 43.7 Å². The summed E-state index contributed by atoms with van der Waals surface area (Å²) in [5, 5.41) is 15.8. The van der Waals surface area contributed by atoms with Crippen molar-refractivity contribution in [2.75, 3.05) is 0 Å². The minimum absolute atomic E-state index is 0.371. The zero-order valence-corrected chi connectivity index (χ0v) is 12.6. The van der Waals surface area contributed by atoms with Gasteiger partial charge in [0.25, 0.3) is 5.91 Å². The quantitative estimate of drug-likeness (QED) is 0.855. The molecule has 2 N–H and O–H groups in total. The minimum atomic E-state index is -1.03. The molecule has 1 unspecified atom stereocenters. The summed E-state index contributed by atoms with van der Waals surface area (Å²) < 4.78 is 1.61. The molecule has 0 fully saturated rings. The maximum Gasteiger partial charge on any atom is 0.326 e. The molecule has 22 heavy (non-hydrogen) atoms. The SMILES string of the molecule is CCCC(NC(=O)c1cnn(C)c1-c1ccccc1)C(=O)O. The fourth-order valence-electron chi connectivity index (χ4n) is 2.32. The van der Waals surface area contributed by atoms with Crippen molar-refractivity contribution in [3.63, 3.8) is 0 Å². The van der Waals surface area contributed by atoms with Gasteiger partial charge < -0.3 is 10.4 Å². The Morgan fingerprint density at radius 1 is 1.32 bits per heavy atom. The molecule has 0 aliphatic carbocycles. The van der Waals surface area contributed by atoms with Crippen molar-refractivity contribution in [3.8, 4) is 11.3 Å². The second-order valence-electron chi connectivity index (χ2n) is 5.05. The average Bonchev–Trinajstić information content (AvgIpc) is 2.89. The van der Waals surface area contributed by atoms with Crippen LogP contribution in [0.25, 0.3) is 11.3 Å². The number of carbonyl (C=O) groups is 2. The minimum Gasteiger partial charge on any atom is -0.480 e. The molecule has 2 aromatic rings. The van der Waals surface area contributed by atoms with Crippen molar-refractivity contribution in [1.82, 2.24) is 15.1 Å². The molecule has 2 rings (SSSR count). The second-order valence-corrected chi connectivity index (χ2v) is 5.05. The molecular formula is C16H19N3O3. The summed E-state index contributed by atoms with van der Waals surface area (Å²) in [6, 6.07) is 8.52. The Bertz CT molecular complexity index is 665. The Kier molecular flexibility index (Phi) is 4.93. The molecule has 0 radical (unpaired) electrons. The average molecular weight is 301 g/mol. The van der Waals surface area contributed by atoms with Crippen molar-refractivity contribution in [2.45, 2.75) is 25.8 Å². The highest BCUT2D eigenvalue weighted by Crippen LogP contribution is 2.22. The van der Waals surface area contributed by atoms with Crippen LogP contribution in [0.4, 0.5) is 0 Å². The number of nitrogens with zero attached hydrogens (tertiary/aromatic N) is 2. The van der Waals surface area contributed by atoms with Gasteiger partial charge in [0.15, 0.2) is 0 Å². The Labute approximate surface area is 128 Å². The number of carboxylic acids is 1. The molecule has 1 aromatic heterocycles. The summed E-state index contributed by atoms with van der Waals surface area (Å²) in [4.78, 5) is 23.6. The number of rotatable bonds is 6. The van der Waals surface area contributed by atoms with Crippen LogP contribution in [0.2, 0.25) is 0 Å². The van der Waals surface area contributed by atoms with E-state index in [4.69, 9.17) is 5.11 Å². The highest BCUT2D eigenvalue weighted by Gasteiger charge is 2.23. The third kappa shape index (κ3) is 3.33. The van der Waals surface area contributed by atoms with E-state index in [0.717, 1.165) is 5.56 Å². The number of hydrogen-bond acceptors (Lipinski definition) is 3. The van der Waals surface area contributed by atoms with Crippen LogP contribution >= 0.6 is 0 Å². The molecular weight excluding hydrogens is 282 g/mol. The summed E-state index contributed by atoms with van der Waals surface area (Å²) in [7, 11) is 1.75. The first-order valence-corrected chi connectivity index (χ1v) is 7.15. The summed E-state index contributed by atoms with van der Waals surface area (Å²) >= 11 is 0. The number of hydrogen-bond donors (Lipinski definition) is 2. The van der Waals surface area contributed by atoms with Gasteiger partial charge in [-0.05, 0) is 6.42 Å². The van der Waals surface area contributed by atoms with Crippen LogP contribution in [-0.2, 0) is 11.8 Å². The van der Waals surface area contributed by atoms with E-state index in [1.54, 1.807) is 11.7 Å². The number of carbonyl (C=O) groups excluding carboxylic acids is 1. The van der Waals surface area contributed by atoms with Crippen LogP contribution in [0.1, 0.15) is 30.1 Å². The summed E-state index contributed by atoms with van der Waals surface area (Å²) in [5.74, 6) is -1.45. The van der Waals surface area contributed by atoms with Gasteiger partial charge in [-0.25, -0.2) is 4.79 Å². The van der Waals surface area contributed by atoms with Gasteiger partial charge in [-0.3, -0.25) is 9.48 Å². The largest absolute Gasteiger partial charge is 0.480 e. The van der Waals surface area contributed by atoms with Gasteiger partial charge in [0, 0.05) is 12.6 Å². The lowest BCUT2D eigenvalue weighted by molar-refractivity contribution is -0.139. The zero-order valence-electron chi connectivity index (χ0n) is 12.6. The monoisotopic (exact) mass is 301 g/mol. The number of benzene rings is 1. The van der Waals surface area contributed by atoms with Crippen LogP contribution in [0.15, 0.2) is 36.5 Å². The normalized spacial score (nSPS) is 11.9. The third-order valence-corrected chi connectivity index (χ3v) is 3.41. The lowest BCUT2D eigenvalue weighted by Crippen LogP contribution is -2.40. The van der Waals surface area contributed by atoms with E-state index in [2.05, 4.69) is 10.4 Å².